The number of benzene rings is 3. The molecule has 2 aliphatic rings. The summed E-state index contributed by atoms with van der Waals surface area (Å²) in [5, 5.41) is 14.6. The first-order valence-corrected chi connectivity index (χ1v) is 12.1. The summed E-state index contributed by atoms with van der Waals surface area (Å²) in [6, 6.07) is 23.3. The molecule has 2 heterocycles. The van der Waals surface area contributed by atoms with Crippen molar-refractivity contribution in [2.24, 2.45) is 5.92 Å². The predicted molar refractivity (Wildman–Crippen MR) is 138 cm³/mol. The summed E-state index contributed by atoms with van der Waals surface area (Å²) in [6.07, 6.45) is 0.479. The molecule has 3 aromatic rings. The van der Waals surface area contributed by atoms with E-state index < -0.39 is 0 Å². The zero-order valence-corrected chi connectivity index (χ0v) is 20.1. The molecule has 1 N–H and O–H groups in total. The van der Waals surface area contributed by atoms with E-state index in [0.717, 1.165) is 42.1 Å². The highest BCUT2D eigenvalue weighted by molar-refractivity contribution is 5.83. The Hall–Kier alpha value is -3.87. The van der Waals surface area contributed by atoms with Crippen molar-refractivity contribution in [3.63, 3.8) is 0 Å². The molecule has 0 bridgehead atoms. The number of nitrogens with zero attached hydrogens (tertiary/aromatic N) is 3. The van der Waals surface area contributed by atoms with Crippen LogP contribution in [0, 0.1) is 23.0 Å². The maximum atomic E-state index is 13.7. The van der Waals surface area contributed by atoms with E-state index in [4.69, 9.17) is 0 Å². The molecular formula is C28H30N4O3. The van der Waals surface area contributed by atoms with Gasteiger partial charge in [0.1, 0.15) is 0 Å². The number of nitro benzene ring substituents is 1. The van der Waals surface area contributed by atoms with Crippen LogP contribution in [0.15, 0.2) is 72.8 Å². The first-order valence-electron chi connectivity index (χ1n) is 12.1. The molecule has 0 aliphatic carbocycles. The van der Waals surface area contributed by atoms with Crippen LogP contribution < -0.4 is 15.1 Å². The van der Waals surface area contributed by atoms with Crippen molar-refractivity contribution >= 4 is 23.0 Å². The van der Waals surface area contributed by atoms with Gasteiger partial charge in [0.2, 0.25) is 5.91 Å². The number of nitrogens with one attached hydrogen (secondary N) is 1. The lowest BCUT2D eigenvalue weighted by atomic mass is 9.82. The lowest BCUT2D eigenvalue weighted by Crippen LogP contribution is -2.61. The molecule has 2 aliphatic heterocycles. The molecule has 1 fully saturated rings. The van der Waals surface area contributed by atoms with E-state index in [2.05, 4.69) is 46.3 Å². The van der Waals surface area contributed by atoms with E-state index in [-0.39, 0.29) is 34.5 Å². The number of amides is 1. The van der Waals surface area contributed by atoms with Crippen LogP contribution in [0.25, 0.3) is 0 Å². The van der Waals surface area contributed by atoms with E-state index in [0.29, 0.717) is 6.42 Å². The fourth-order valence-electron chi connectivity index (χ4n) is 5.36. The van der Waals surface area contributed by atoms with Gasteiger partial charge in [-0.05, 0) is 49.6 Å². The second kappa shape index (κ2) is 9.41. The summed E-state index contributed by atoms with van der Waals surface area (Å²) in [5.41, 5.74) is 5.36. The van der Waals surface area contributed by atoms with Gasteiger partial charge < -0.3 is 15.1 Å². The molecular weight excluding hydrogens is 440 g/mol. The topological polar surface area (TPSA) is 78.7 Å². The number of nitro groups is 1. The van der Waals surface area contributed by atoms with E-state index >= 15 is 0 Å². The third-order valence-electron chi connectivity index (χ3n) is 7.30. The Morgan fingerprint density at radius 3 is 2.51 bits per heavy atom. The number of rotatable bonds is 5. The second-order valence-electron chi connectivity index (χ2n) is 9.56. The van der Waals surface area contributed by atoms with Gasteiger partial charge >= 0.3 is 0 Å². The lowest BCUT2D eigenvalue weighted by molar-refractivity contribution is -0.384. The number of non-ortho nitro benzene ring substituents is 1. The molecule has 35 heavy (non-hydrogen) atoms. The zero-order valence-electron chi connectivity index (χ0n) is 20.1. The van der Waals surface area contributed by atoms with Crippen molar-refractivity contribution in [2.45, 2.75) is 32.4 Å². The van der Waals surface area contributed by atoms with Crippen molar-refractivity contribution in [3.8, 4) is 0 Å². The molecule has 1 saturated heterocycles. The van der Waals surface area contributed by atoms with Gasteiger partial charge in [-0.15, -0.1) is 0 Å². The van der Waals surface area contributed by atoms with Crippen molar-refractivity contribution < 1.29 is 9.72 Å². The van der Waals surface area contributed by atoms with Gasteiger partial charge in [0, 0.05) is 43.1 Å². The van der Waals surface area contributed by atoms with Crippen molar-refractivity contribution in [3.05, 3.63) is 99.6 Å². The number of carbonyl (C=O) groups is 1. The number of anilines is 2. The van der Waals surface area contributed by atoms with Crippen molar-refractivity contribution in [1.29, 1.82) is 0 Å². The molecule has 0 saturated carbocycles. The van der Waals surface area contributed by atoms with E-state index in [1.54, 1.807) is 12.1 Å². The van der Waals surface area contributed by atoms with Crippen LogP contribution in [-0.2, 0) is 11.2 Å². The van der Waals surface area contributed by atoms with Gasteiger partial charge in [-0.1, -0.05) is 48.0 Å². The number of carbonyl (C=O) groups excluding carboxylic acids is 1. The quantitative estimate of drug-likeness (QED) is 0.434. The third-order valence-corrected chi connectivity index (χ3v) is 7.30. The third kappa shape index (κ3) is 4.58. The number of hydrogen-bond donors (Lipinski definition) is 1. The summed E-state index contributed by atoms with van der Waals surface area (Å²) >= 11 is 0. The minimum Gasteiger partial charge on any atom is -0.368 e. The molecule has 7 heteroatoms. The summed E-state index contributed by atoms with van der Waals surface area (Å²) in [7, 11) is 0. The Morgan fingerprint density at radius 1 is 1.06 bits per heavy atom. The first-order chi connectivity index (χ1) is 16.9. The van der Waals surface area contributed by atoms with Crippen molar-refractivity contribution in [2.75, 3.05) is 29.4 Å². The van der Waals surface area contributed by atoms with Gasteiger partial charge in [-0.2, -0.15) is 0 Å². The normalized spacial score (nSPS) is 19.9. The maximum absolute atomic E-state index is 13.7. The molecule has 7 nitrogen and oxygen atoms in total. The van der Waals surface area contributed by atoms with Crippen LogP contribution in [0.3, 0.4) is 0 Å². The highest BCUT2D eigenvalue weighted by atomic mass is 16.6. The fraction of sp³-hybridized carbons (Fsp3) is 0.321. The van der Waals surface area contributed by atoms with Gasteiger partial charge in [-0.3, -0.25) is 14.9 Å². The average molecular weight is 471 g/mol. The Labute approximate surface area is 205 Å². The Balaban J connectivity index is 1.45. The van der Waals surface area contributed by atoms with E-state index in [9.17, 15) is 14.9 Å². The van der Waals surface area contributed by atoms with E-state index in [1.807, 2.05) is 43.3 Å². The smallest absolute Gasteiger partial charge is 0.269 e. The minimum absolute atomic E-state index is 0.0146. The molecule has 0 spiro atoms. The standard InChI is InChI=1S/C28H30N4O3/c1-19-8-10-23(11-9-19)30-14-15-31-26-13-12-24(32(34)35)16-22(26)17-25(27(31)18-30)28(33)29-20(2)21-6-4-3-5-7-21/h3-13,16,20,25,27H,14-15,17-18H2,1-2H3,(H,29,33)/t20-,25-,27-/m0/s1. The fourth-order valence-corrected chi connectivity index (χ4v) is 5.36. The Kier molecular flexibility index (Phi) is 6.16. The maximum Gasteiger partial charge on any atom is 0.269 e. The lowest BCUT2D eigenvalue weighted by Gasteiger charge is -2.49. The Morgan fingerprint density at radius 2 is 1.80 bits per heavy atom. The molecule has 3 atom stereocenters. The molecule has 0 aromatic heterocycles. The van der Waals surface area contributed by atoms with Crippen LogP contribution in [0.1, 0.15) is 29.7 Å². The molecule has 5 rings (SSSR count). The number of hydrogen-bond acceptors (Lipinski definition) is 5. The average Bonchev–Trinajstić information content (AvgIpc) is 2.88. The number of aryl methyl sites for hydroxylation is 1. The summed E-state index contributed by atoms with van der Waals surface area (Å²) in [5.74, 6) is -0.330. The van der Waals surface area contributed by atoms with Gasteiger partial charge in [0.25, 0.3) is 5.69 Å². The summed E-state index contributed by atoms with van der Waals surface area (Å²) < 4.78 is 0. The van der Waals surface area contributed by atoms with Crippen LogP contribution in [-0.4, -0.2) is 36.5 Å². The second-order valence-corrected chi connectivity index (χ2v) is 9.56. The van der Waals surface area contributed by atoms with E-state index in [1.165, 1.54) is 5.56 Å². The summed E-state index contributed by atoms with van der Waals surface area (Å²) in [4.78, 5) is 29.3. The van der Waals surface area contributed by atoms with Crippen LogP contribution >= 0.6 is 0 Å². The molecule has 0 radical (unpaired) electrons. The first kappa shape index (κ1) is 22.9. The predicted octanol–water partition coefficient (Wildman–Crippen LogP) is 4.65. The zero-order chi connectivity index (χ0) is 24.5. The molecule has 180 valence electrons. The largest absolute Gasteiger partial charge is 0.368 e. The van der Waals surface area contributed by atoms with Crippen molar-refractivity contribution in [1.82, 2.24) is 5.32 Å². The van der Waals surface area contributed by atoms with Gasteiger partial charge in [0.15, 0.2) is 0 Å². The number of piperazine rings is 1. The highest BCUT2D eigenvalue weighted by Crippen LogP contribution is 2.39. The van der Waals surface area contributed by atoms with Gasteiger partial charge in [0.05, 0.1) is 22.9 Å². The molecule has 3 aromatic carbocycles. The molecule has 0 unspecified atom stereocenters. The van der Waals surface area contributed by atoms with Crippen LogP contribution in [0.2, 0.25) is 0 Å². The highest BCUT2D eigenvalue weighted by Gasteiger charge is 2.42. The SMILES string of the molecule is Cc1ccc(N2CCN3c4ccc([N+](=O)[O-])cc4C[C@H](C(=O)N[C@@H](C)c4ccccc4)[C@@H]3C2)cc1. The monoisotopic (exact) mass is 470 g/mol. The van der Waals surface area contributed by atoms with Gasteiger partial charge in [-0.25, -0.2) is 0 Å². The minimum atomic E-state index is -0.367. The Bertz CT molecular complexity index is 1230. The summed E-state index contributed by atoms with van der Waals surface area (Å²) in [6.45, 7) is 6.36. The van der Waals surface area contributed by atoms with Crippen LogP contribution in [0.4, 0.5) is 17.1 Å². The molecule has 1 amide bonds. The number of fused-ring (bicyclic) bond motifs is 3. The van der Waals surface area contributed by atoms with Crippen LogP contribution in [0.5, 0.6) is 0 Å².